The van der Waals surface area contributed by atoms with E-state index in [4.69, 9.17) is 5.11 Å². The first-order chi connectivity index (χ1) is 11.1. The largest absolute Gasteiger partial charge is 0.481 e. The fourth-order valence-corrected chi connectivity index (χ4v) is 3.12. The van der Waals surface area contributed by atoms with Gasteiger partial charge in [0.15, 0.2) is 0 Å². The van der Waals surface area contributed by atoms with Gasteiger partial charge in [0.05, 0.1) is 12.5 Å². The van der Waals surface area contributed by atoms with Crippen molar-refractivity contribution >= 4 is 11.9 Å². The van der Waals surface area contributed by atoms with Crippen LogP contribution in [0.2, 0.25) is 0 Å². The molecule has 0 aromatic heterocycles. The zero-order valence-electron chi connectivity index (χ0n) is 12.8. The summed E-state index contributed by atoms with van der Waals surface area (Å²) in [5.74, 6) is -1.04. The van der Waals surface area contributed by atoms with E-state index >= 15 is 0 Å². The predicted octanol–water partition coefficient (Wildman–Crippen LogP) is 3.18. The molecule has 1 unspecified atom stereocenters. The minimum Gasteiger partial charge on any atom is -0.481 e. The molecule has 23 heavy (non-hydrogen) atoms. The number of nitrogens with zero attached hydrogens (tertiary/aromatic N) is 1. The third-order valence-electron chi connectivity index (χ3n) is 4.31. The number of carbonyl (C=O) groups is 2. The van der Waals surface area contributed by atoms with Crippen LogP contribution in [0.5, 0.6) is 0 Å². The standard InChI is InChI=1S/C19H19NO3/c21-18(10-11-19(22)23)20-13-16-9-5-4-8-15(16)12-17(20)14-6-2-1-3-7-14/h1-9,17H,10-13H2,(H,22,23). The highest BCUT2D eigenvalue weighted by Crippen LogP contribution is 2.33. The normalized spacial score (nSPS) is 16.7. The number of carboxylic acid groups (broad SMARTS) is 1. The van der Waals surface area contributed by atoms with E-state index in [1.165, 1.54) is 5.56 Å². The van der Waals surface area contributed by atoms with Gasteiger partial charge in [-0.15, -0.1) is 0 Å². The fraction of sp³-hybridized carbons (Fsp3) is 0.263. The molecule has 0 fully saturated rings. The molecule has 0 bridgehead atoms. The molecule has 3 rings (SSSR count). The van der Waals surface area contributed by atoms with Gasteiger partial charge in [0.1, 0.15) is 0 Å². The van der Waals surface area contributed by atoms with Crippen molar-refractivity contribution in [3.05, 3.63) is 71.3 Å². The van der Waals surface area contributed by atoms with Crippen molar-refractivity contribution in [1.29, 1.82) is 0 Å². The van der Waals surface area contributed by atoms with E-state index in [1.54, 1.807) is 0 Å². The molecule has 2 aromatic rings. The second-order valence-corrected chi connectivity index (χ2v) is 5.81. The average molecular weight is 309 g/mol. The summed E-state index contributed by atoms with van der Waals surface area (Å²) in [6.45, 7) is 0.536. The van der Waals surface area contributed by atoms with E-state index in [0.717, 1.165) is 17.5 Å². The first kappa shape index (κ1) is 15.3. The van der Waals surface area contributed by atoms with Gasteiger partial charge in [-0.3, -0.25) is 9.59 Å². The Balaban J connectivity index is 1.90. The maximum absolute atomic E-state index is 12.6. The molecule has 4 heteroatoms. The van der Waals surface area contributed by atoms with Gasteiger partial charge in [-0.25, -0.2) is 0 Å². The number of carboxylic acids is 1. The second kappa shape index (κ2) is 6.65. The number of fused-ring (bicyclic) bond motifs is 1. The van der Waals surface area contributed by atoms with Crippen LogP contribution < -0.4 is 0 Å². The van der Waals surface area contributed by atoms with Gasteiger partial charge in [0.25, 0.3) is 0 Å². The average Bonchev–Trinajstić information content (AvgIpc) is 2.59. The number of hydrogen-bond donors (Lipinski definition) is 1. The molecule has 4 nitrogen and oxygen atoms in total. The van der Waals surface area contributed by atoms with Crippen molar-refractivity contribution in [2.45, 2.75) is 31.8 Å². The minimum atomic E-state index is -0.938. The highest BCUT2D eigenvalue weighted by molar-refractivity contribution is 5.81. The smallest absolute Gasteiger partial charge is 0.303 e. The molecule has 0 saturated carbocycles. The molecule has 1 heterocycles. The Bertz CT molecular complexity index is 712. The van der Waals surface area contributed by atoms with Gasteiger partial charge in [0, 0.05) is 13.0 Å². The van der Waals surface area contributed by atoms with Gasteiger partial charge in [-0.05, 0) is 23.1 Å². The maximum atomic E-state index is 12.6. The SMILES string of the molecule is O=C(O)CCC(=O)N1Cc2ccccc2CC1c1ccccc1. The third kappa shape index (κ3) is 3.42. The zero-order chi connectivity index (χ0) is 16.2. The lowest BCUT2D eigenvalue weighted by atomic mass is 9.89. The molecule has 2 aromatic carbocycles. The maximum Gasteiger partial charge on any atom is 0.303 e. The first-order valence-corrected chi connectivity index (χ1v) is 7.78. The van der Waals surface area contributed by atoms with E-state index in [1.807, 2.05) is 53.4 Å². The Morgan fingerprint density at radius 2 is 1.61 bits per heavy atom. The van der Waals surface area contributed by atoms with Crippen LogP contribution in [0, 0.1) is 0 Å². The number of benzene rings is 2. The minimum absolute atomic E-state index is 0.0348. The van der Waals surface area contributed by atoms with E-state index in [0.29, 0.717) is 6.54 Å². The van der Waals surface area contributed by atoms with Gasteiger partial charge in [-0.2, -0.15) is 0 Å². The molecule has 0 spiro atoms. The van der Waals surface area contributed by atoms with E-state index in [2.05, 4.69) is 6.07 Å². The molecule has 1 aliphatic heterocycles. The summed E-state index contributed by atoms with van der Waals surface area (Å²) in [6.07, 6.45) is 0.679. The van der Waals surface area contributed by atoms with Crippen molar-refractivity contribution in [2.24, 2.45) is 0 Å². The van der Waals surface area contributed by atoms with Crippen LogP contribution in [0.25, 0.3) is 0 Å². The molecule has 1 aliphatic rings. The molecule has 1 amide bonds. The summed E-state index contributed by atoms with van der Waals surface area (Å²) in [5.41, 5.74) is 3.48. The monoisotopic (exact) mass is 309 g/mol. The summed E-state index contributed by atoms with van der Waals surface area (Å²) < 4.78 is 0. The van der Waals surface area contributed by atoms with Crippen LogP contribution in [-0.4, -0.2) is 21.9 Å². The highest BCUT2D eigenvalue weighted by Gasteiger charge is 2.30. The van der Waals surface area contributed by atoms with Gasteiger partial charge >= 0.3 is 5.97 Å². The van der Waals surface area contributed by atoms with Gasteiger partial charge in [0.2, 0.25) is 5.91 Å². The van der Waals surface area contributed by atoms with Crippen LogP contribution in [0.4, 0.5) is 0 Å². The predicted molar refractivity (Wildman–Crippen MR) is 86.7 cm³/mol. The van der Waals surface area contributed by atoms with Crippen molar-refractivity contribution in [1.82, 2.24) is 4.90 Å². The van der Waals surface area contributed by atoms with Crippen LogP contribution in [0.15, 0.2) is 54.6 Å². The van der Waals surface area contributed by atoms with E-state index < -0.39 is 5.97 Å². The topological polar surface area (TPSA) is 57.6 Å². The number of amides is 1. The quantitative estimate of drug-likeness (QED) is 0.943. The number of carbonyl (C=O) groups excluding carboxylic acids is 1. The summed E-state index contributed by atoms with van der Waals surface area (Å²) in [7, 11) is 0. The lowest BCUT2D eigenvalue weighted by molar-refractivity contribution is -0.142. The summed E-state index contributed by atoms with van der Waals surface area (Å²) in [6, 6.07) is 18.0. The van der Waals surface area contributed by atoms with Crippen molar-refractivity contribution in [3.63, 3.8) is 0 Å². The van der Waals surface area contributed by atoms with Crippen LogP contribution in [-0.2, 0) is 22.6 Å². The Labute approximate surface area is 135 Å². The van der Waals surface area contributed by atoms with Crippen molar-refractivity contribution in [2.75, 3.05) is 0 Å². The molecule has 0 aliphatic carbocycles. The summed E-state index contributed by atoms with van der Waals surface area (Å²) in [4.78, 5) is 25.1. The third-order valence-corrected chi connectivity index (χ3v) is 4.31. The molecule has 118 valence electrons. The van der Waals surface area contributed by atoms with Crippen molar-refractivity contribution < 1.29 is 14.7 Å². The summed E-state index contributed by atoms with van der Waals surface area (Å²) in [5, 5.41) is 8.83. The van der Waals surface area contributed by atoms with Crippen molar-refractivity contribution in [3.8, 4) is 0 Å². The van der Waals surface area contributed by atoms with Crippen LogP contribution >= 0.6 is 0 Å². The molecule has 1 N–H and O–H groups in total. The molecule has 0 saturated heterocycles. The fourth-order valence-electron chi connectivity index (χ4n) is 3.12. The Morgan fingerprint density at radius 3 is 2.30 bits per heavy atom. The Kier molecular flexibility index (Phi) is 4.42. The lowest BCUT2D eigenvalue weighted by Crippen LogP contribution is -2.39. The van der Waals surface area contributed by atoms with Gasteiger partial charge in [-0.1, -0.05) is 54.6 Å². The molecule has 0 radical (unpaired) electrons. The number of aliphatic carboxylic acids is 1. The number of rotatable bonds is 4. The first-order valence-electron chi connectivity index (χ1n) is 7.78. The highest BCUT2D eigenvalue weighted by atomic mass is 16.4. The van der Waals surface area contributed by atoms with Crippen LogP contribution in [0.3, 0.4) is 0 Å². The van der Waals surface area contributed by atoms with E-state index in [9.17, 15) is 9.59 Å². The van der Waals surface area contributed by atoms with Crippen LogP contribution in [0.1, 0.15) is 35.6 Å². The van der Waals surface area contributed by atoms with Gasteiger partial charge < -0.3 is 10.0 Å². The molecular formula is C19H19NO3. The second-order valence-electron chi connectivity index (χ2n) is 5.81. The Morgan fingerprint density at radius 1 is 0.957 bits per heavy atom. The Hall–Kier alpha value is -2.62. The lowest BCUT2D eigenvalue weighted by Gasteiger charge is -2.37. The summed E-state index contributed by atoms with van der Waals surface area (Å²) >= 11 is 0. The van der Waals surface area contributed by atoms with E-state index in [-0.39, 0.29) is 24.8 Å². The number of hydrogen-bond acceptors (Lipinski definition) is 2. The zero-order valence-corrected chi connectivity index (χ0v) is 12.8. The molecule has 1 atom stereocenters. The molecular weight excluding hydrogens is 290 g/mol.